The fraction of sp³-hybridized carbons (Fsp3) is 0.389. The summed E-state index contributed by atoms with van der Waals surface area (Å²) >= 11 is 0. The Labute approximate surface area is 148 Å². The lowest BCUT2D eigenvalue weighted by atomic mass is 10.2. The molecule has 2 aromatic rings. The van der Waals surface area contributed by atoms with Gasteiger partial charge in [-0.05, 0) is 19.9 Å². The molecule has 2 N–H and O–H groups in total. The zero-order valence-electron chi connectivity index (χ0n) is 15.0. The van der Waals surface area contributed by atoms with Gasteiger partial charge in [0.15, 0.2) is 0 Å². The van der Waals surface area contributed by atoms with Crippen LogP contribution in [0.25, 0.3) is 0 Å². The highest BCUT2D eigenvalue weighted by Crippen LogP contribution is 2.19. The molecule has 0 aromatic carbocycles. The number of nitrogens with two attached hydrogens (primary N) is 1. The summed E-state index contributed by atoms with van der Waals surface area (Å²) in [5.74, 6) is 7.37. The summed E-state index contributed by atoms with van der Waals surface area (Å²) in [5.41, 5.74) is 8.61. The third-order valence-electron chi connectivity index (χ3n) is 3.56. The molecule has 0 bridgehead atoms. The van der Waals surface area contributed by atoms with Crippen molar-refractivity contribution in [1.29, 1.82) is 0 Å². The lowest BCUT2D eigenvalue weighted by molar-refractivity contribution is 0.154. The van der Waals surface area contributed by atoms with E-state index in [-0.39, 0.29) is 0 Å². The number of nitrogen functional groups attached to an aromatic ring is 1. The number of rotatable bonds is 6. The molecular weight excluding hydrogens is 318 g/mol. The van der Waals surface area contributed by atoms with Gasteiger partial charge in [-0.3, -0.25) is 0 Å². The van der Waals surface area contributed by atoms with Crippen molar-refractivity contribution in [2.75, 3.05) is 44.5 Å². The van der Waals surface area contributed by atoms with E-state index in [2.05, 4.69) is 26.8 Å². The Hall–Kier alpha value is -2.85. The first kappa shape index (κ1) is 18.5. The van der Waals surface area contributed by atoms with Gasteiger partial charge in [-0.25, -0.2) is 15.0 Å². The minimum Gasteiger partial charge on any atom is -0.480 e. The van der Waals surface area contributed by atoms with Gasteiger partial charge in [0.2, 0.25) is 5.88 Å². The van der Waals surface area contributed by atoms with E-state index in [1.54, 1.807) is 18.6 Å². The fourth-order valence-corrected chi connectivity index (χ4v) is 2.19. The summed E-state index contributed by atoms with van der Waals surface area (Å²) in [6, 6.07) is 1.73. The summed E-state index contributed by atoms with van der Waals surface area (Å²) in [5, 5.41) is 0. The first-order valence-corrected chi connectivity index (χ1v) is 7.98. The van der Waals surface area contributed by atoms with Crippen LogP contribution in [0.5, 0.6) is 5.88 Å². The Morgan fingerprint density at radius 3 is 2.72 bits per heavy atom. The Balaban J connectivity index is 2.29. The smallest absolute Gasteiger partial charge is 0.236 e. The van der Waals surface area contributed by atoms with Gasteiger partial charge in [-0.2, -0.15) is 0 Å². The van der Waals surface area contributed by atoms with E-state index in [1.165, 1.54) is 7.11 Å². The molecule has 0 unspecified atom stereocenters. The van der Waals surface area contributed by atoms with Crippen molar-refractivity contribution in [2.24, 2.45) is 0 Å². The van der Waals surface area contributed by atoms with Crippen molar-refractivity contribution < 1.29 is 9.47 Å². The molecule has 0 saturated heterocycles. The van der Waals surface area contributed by atoms with Crippen molar-refractivity contribution in [3.05, 3.63) is 35.4 Å². The summed E-state index contributed by atoms with van der Waals surface area (Å²) < 4.78 is 10.5. The van der Waals surface area contributed by atoms with Gasteiger partial charge < -0.3 is 20.1 Å². The molecule has 7 heteroatoms. The van der Waals surface area contributed by atoms with Crippen LogP contribution in [0.2, 0.25) is 0 Å². The molecule has 25 heavy (non-hydrogen) atoms. The van der Waals surface area contributed by atoms with Crippen LogP contribution in [0, 0.1) is 18.8 Å². The Morgan fingerprint density at radius 1 is 1.24 bits per heavy atom. The van der Waals surface area contributed by atoms with Crippen LogP contribution in [-0.2, 0) is 4.74 Å². The predicted molar refractivity (Wildman–Crippen MR) is 97.7 cm³/mol. The largest absolute Gasteiger partial charge is 0.480 e. The van der Waals surface area contributed by atoms with Crippen molar-refractivity contribution in [3.8, 4) is 17.7 Å². The topological polar surface area (TPSA) is 86.4 Å². The second kappa shape index (κ2) is 8.85. The number of nitrogens with zero attached hydrogens (tertiary/aromatic N) is 4. The molecule has 0 spiro atoms. The van der Waals surface area contributed by atoms with Gasteiger partial charge >= 0.3 is 0 Å². The van der Waals surface area contributed by atoms with Crippen LogP contribution < -0.4 is 15.4 Å². The van der Waals surface area contributed by atoms with E-state index >= 15 is 0 Å². The molecule has 0 aliphatic carbocycles. The van der Waals surface area contributed by atoms with Crippen molar-refractivity contribution in [1.82, 2.24) is 15.0 Å². The molecule has 0 atom stereocenters. The van der Waals surface area contributed by atoms with Crippen LogP contribution >= 0.6 is 0 Å². The number of anilines is 2. The predicted octanol–water partition coefficient (Wildman–Crippen LogP) is 1.64. The number of hydrogen-bond donors (Lipinski definition) is 1. The maximum Gasteiger partial charge on any atom is 0.236 e. The zero-order chi connectivity index (χ0) is 18.2. The average molecular weight is 341 g/mol. The average Bonchev–Trinajstić information content (AvgIpc) is 2.60. The number of methoxy groups -OCH3 is 1. The summed E-state index contributed by atoms with van der Waals surface area (Å²) in [6.07, 6.45) is 3.17. The van der Waals surface area contributed by atoms with Gasteiger partial charge in [-0.1, -0.05) is 11.8 Å². The Morgan fingerprint density at radius 2 is 2.04 bits per heavy atom. The maximum atomic E-state index is 5.87. The van der Waals surface area contributed by atoms with Gasteiger partial charge in [0, 0.05) is 32.0 Å². The highest BCUT2D eigenvalue weighted by molar-refractivity contribution is 5.60. The van der Waals surface area contributed by atoms with E-state index in [0.717, 1.165) is 23.6 Å². The summed E-state index contributed by atoms with van der Waals surface area (Å²) in [4.78, 5) is 14.8. The van der Waals surface area contributed by atoms with E-state index in [9.17, 15) is 0 Å². The molecular formula is C18H23N5O2. The number of aromatic nitrogens is 3. The SMILES string of the molecule is CCOCCN(C)c1ncnc(C)c1C#Cc1cnc(OC)c(N)c1. The lowest BCUT2D eigenvalue weighted by Gasteiger charge is -2.19. The highest BCUT2D eigenvalue weighted by atomic mass is 16.5. The van der Waals surface area contributed by atoms with Crippen molar-refractivity contribution >= 4 is 11.5 Å². The van der Waals surface area contributed by atoms with Gasteiger partial charge in [-0.15, -0.1) is 0 Å². The van der Waals surface area contributed by atoms with Crippen LogP contribution in [0.4, 0.5) is 11.5 Å². The van der Waals surface area contributed by atoms with Crippen molar-refractivity contribution in [3.63, 3.8) is 0 Å². The number of aryl methyl sites for hydroxylation is 1. The van der Waals surface area contributed by atoms with Crippen molar-refractivity contribution in [2.45, 2.75) is 13.8 Å². The molecule has 0 saturated carbocycles. The molecule has 0 aliphatic heterocycles. The molecule has 0 fully saturated rings. The Kier molecular flexibility index (Phi) is 6.54. The lowest BCUT2D eigenvalue weighted by Crippen LogP contribution is -2.25. The number of ether oxygens (including phenoxy) is 2. The van der Waals surface area contributed by atoms with E-state index in [1.807, 2.05) is 25.8 Å². The molecule has 7 nitrogen and oxygen atoms in total. The molecule has 0 amide bonds. The molecule has 132 valence electrons. The summed E-state index contributed by atoms with van der Waals surface area (Å²) in [6.45, 7) is 5.92. The fourth-order valence-electron chi connectivity index (χ4n) is 2.19. The third kappa shape index (κ3) is 4.81. The van der Waals surface area contributed by atoms with E-state index < -0.39 is 0 Å². The standard InChI is InChI=1S/C18H23N5O2/c1-5-25-9-8-23(3)17-15(13(2)21-12-22-17)7-6-14-10-16(19)18(24-4)20-11-14/h10-12H,5,8-9,19H2,1-4H3. The third-order valence-corrected chi connectivity index (χ3v) is 3.56. The van der Waals surface area contributed by atoms with E-state index in [4.69, 9.17) is 15.2 Å². The minimum absolute atomic E-state index is 0.390. The summed E-state index contributed by atoms with van der Waals surface area (Å²) in [7, 11) is 3.48. The number of likely N-dealkylation sites (N-methyl/N-ethyl adjacent to an activating group) is 1. The zero-order valence-corrected chi connectivity index (χ0v) is 15.0. The minimum atomic E-state index is 0.390. The van der Waals surface area contributed by atoms with Crippen LogP contribution in [0.15, 0.2) is 18.6 Å². The molecule has 2 heterocycles. The van der Waals surface area contributed by atoms with Crippen LogP contribution in [0.3, 0.4) is 0 Å². The van der Waals surface area contributed by atoms with Gasteiger partial charge in [0.05, 0.1) is 30.7 Å². The maximum absolute atomic E-state index is 5.87. The second-order valence-corrected chi connectivity index (χ2v) is 5.35. The normalized spacial score (nSPS) is 10.1. The monoisotopic (exact) mass is 341 g/mol. The first-order chi connectivity index (χ1) is 12.1. The first-order valence-electron chi connectivity index (χ1n) is 7.98. The highest BCUT2D eigenvalue weighted by Gasteiger charge is 2.11. The quantitative estimate of drug-likeness (QED) is 0.631. The van der Waals surface area contributed by atoms with Crippen LogP contribution in [-0.4, -0.2) is 48.9 Å². The van der Waals surface area contributed by atoms with Gasteiger partial charge in [0.25, 0.3) is 0 Å². The molecule has 2 rings (SSSR count). The number of pyridine rings is 1. The second-order valence-electron chi connectivity index (χ2n) is 5.35. The molecule has 0 aliphatic rings. The molecule has 0 radical (unpaired) electrons. The molecule has 2 aromatic heterocycles. The Bertz CT molecular complexity index is 783. The van der Waals surface area contributed by atoms with Gasteiger partial charge in [0.1, 0.15) is 12.1 Å². The number of hydrogen-bond acceptors (Lipinski definition) is 7. The van der Waals surface area contributed by atoms with E-state index in [0.29, 0.717) is 30.3 Å². The van der Waals surface area contributed by atoms with Crippen LogP contribution in [0.1, 0.15) is 23.7 Å².